The fourth-order valence-corrected chi connectivity index (χ4v) is 2.62. The summed E-state index contributed by atoms with van der Waals surface area (Å²) in [6, 6.07) is 15.5. The fourth-order valence-electron chi connectivity index (χ4n) is 2.62. The van der Waals surface area contributed by atoms with E-state index in [1.807, 2.05) is 24.3 Å². The number of hydrogen-bond acceptors (Lipinski definition) is 5. The van der Waals surface area contributed by atoms with Crippen LogP contribution in [0.4, 0.5) is 10.2 Å². The highest BCUT2D eigenvalue weighted by Crippen LogP contribution is 2.14. The van der Waals surface area contributed by atoms with Crippen LogP contribution in [0.15, 0.2) is 54.6 Å². The molecule has 2 aromatic carbocycles. The van der Waals surface area contributed by atoms with E-state index >= 15 is 0 Å². The van der Waals surface area contributed by atoms with Gasteiger partial charge in [0, 0.05) is 24.7 Å². The first-order valence-corrected chi connectivity index (χ1v) is 8.79. The molecule has 1 heterocycles. The second kappa shape index (κ2) is 8.94. The van der Waals surface area contributed by atoms with Crippen LogP contribution >= 0.6 is 0 Å². The van der Waals surface area contributed by atoms with Gasteiger partial charge in [-0.2, -0.15) is 0 Å². The van der Waals surface area contributed by atoms with Crippen molar-refractivity contribution in [3.63, 3.8) is 0 Å². The van der Waals surface area contributed by atoms with Gasteiger partial charge in [-0.1, -0.05) is 30.3 Å². The second-order valence-electron chi connectivity index (χ2n) is 6.16. The maximum absolute atomic E-state index is 13.7. The predicted octanol–water partition coefficient (Wildman–Crippen LogP) is 3.47. The van der Waals surface area contributed by atoms with Crippen molar-refractivity contribution >= 4 is 11.7 Å². The van der Waals surface area contributed by atoms with Crippen LogP contribution < -0.4 is 15.4 Å². The van der Waals surface area contributed by atoms with Crippen LogP contribution in [0.25, 0.3) is 0 Å². The Morgan fingerprint density at radius 1 is 1.07 bits per heavy atom. The quantitative estimate of drug-likeness (QED) is 0.656. The van der Waals surface area contributed by atoms with Gasteiger partial charge in [-0.3, -0.25) is 4.79 Å². The van der Waals surface area contributed by atoms with Crippen molar-refractivity contribution in [3.05, 3.63) is 83.1 Å². The molecule has 0 radical (unpaired) electrons. The summed E-state index contributed by atoms with van der Waals surface area (Å²) in [6.07, 6.45) is 0. The lowest BCUT2D eigenvalue weighted by Crippen LogP contribution is -2.25. The zero-order chi connectivity index (χ0) is 19.9. The topological polar surface area (TPSA) is 76.1 Å². The van der Waals surface area contributed by atoms with E-state index < -0.39 is 0 Å². The molecule has 0 bridgehead atoms. The van der Waals surface area contributed by atoms with E-state index in [9.17, 15) is 9.18 Å². The fraction of sp³-hybridized carbons (Fsp3) is 0.190. The van der Waals surface area contributed by atoms with Crippen LogP contribution in [0.2, 0.25) is 0 Å². The number of nitrogens with zero attached hydrogens (tertiary/aromatic N) is 2. The van der Waals surface area contributed by atoms with E-state index in [0.717, 1.165) is 11.3 Å². The zero-order valence-corrected chi connectivity index (χ0v) is 15.7. The van der Waals surface area contributed by atoms with Gasteiger partial charge in [-0.05, 0) is 30.7 Å². The van der Waals surface area contributed by atoms with Gasteiger partial charge >= 0.3 is 0 Å². The number of carbonyl (C=O) groups is 1. The van der Waals surface area contributed by atoms with Gasteiger partial charge in [0.25, 0.3) is 5.91 Å². The molecule has 0 saturated carbocycles. The number of benzene rings is 2. The van der Waals surface area contributed by atoms with Gasteiger partial charge in [-0.15, -0.1) is 0 Å². The summed E-state index contributed by atoms with van der Waals surface area (Å²) in [6.45, 7) is 2.34. The third-order valence-corrected chi connectivity index (χ3v) is 4.10. The van der Waals surface area contributed by atoms with Crippen molar-refractivity contribution in [2.45, 2.75) is 20.0 Å². The van der Waals surface area contributed by atoms with Crippen molar-refractivity contribution in [3.8, 4) is 5.75 Å². The van der Waals surface area contributed by atoms with Crippen molar-refractivity contribution in [2.24, 2.45) is 0 Å². The van der Waals surface area contributed by atoms with Crippen LogP contribution in [-0.4, -0.2) is 23.0 Å². The summed E-state index contributed by atoms with van der Waals surface area (Å²) in [7, 11) is 1.62. The van der Waals surface area contributed by atoms with Gasteiger partial charge in [0.1, 0.15) is 28.9 Å². The number of aromatic nitrogens is 2. The van der Waals surface area contributed by atoms with Crippen LogP contribution in [0, 0.1) is 12.7 Å². The molecule has 0 aliphatic carbocycles. The Bertz CT molecular complexity index is 961. The smallest absolute Gasteiger partial charge is 0.270 e. The van der Waals surface area contributed by atoms with Gasteiger partial charge in [0.15, 0.2) is 0 Å². The van der Waals surface area contributed by atoms with Gasteiger partial charge < -0.3 is 15.4 Å². The number of halogens is 1. The molecule has 144 valence electrons. The summed E-state index contributed by atoms with van der Waals surface area (Å²) >= 11 is 0. The Hall–Kier alpha value is -3.48. The second-order valence-corrected chi connectivity index (χ2v) is 6.16. The van der Waals surface area contributed by atoms with Gasteiger partial charge in [0.2, 0.25) is 0 Å². The van der Waals surface area contributed by atoms with Crippen molar-refractivity contribution in [2.75, 3.05) is 12.4 Å². The number of nitrogens with one attached hydrogen (secondary N) is 2. The zero-order valence-electron chi connectivity index (χ0n) is 15.7. The number of carbonyl (C=O) groups excluding carboxylic acids is 1. The highest BCUT2D eigenvalue weighted by Gasteiger charge is 2.11. The Kier molecular flexibility index (Phi) is 6.16. The molecule has 1 amide bonds. The summed E-state index contributed by atoms with van der Waals surface area (Å²) in [5.41, 5.74) is 1.68. The molecule has 1 aromatic heterocycles. The highest BCUT2D eigenvalue weighted by molar-refractivity contribution is 5.92. The third kappa shape index (κ3) is 5.03. The third-order valence-electron chi connectivity index (χ3n) is 4.10. The molecular weight excluding hydrogens is 359 g/mol. The average molecular weight is 380 g/mol. The van der Waals surface area contributed by atoms with E-state index in [4.69, 9.17) is 4.74 Å². The Morgan fingerprint density at radius 3 is 2.54 bits per heavy atom. The van der Waals surface area contributed by atoms with E-state index in [1.165, 1.54) is 6.07 Å². The molecule has 7 heteroatoms. The molecule has 0 spiro atoms. The first kappa shape index (κ1) is 19.3. The number of methoxy groups -OCH3 is 1. The molecule has 3 aromatic rings. The number of ether oxygens (including phenoxy) is 1. The minimum Gasteiger partial charge on any atom is -0.497 e. The number of amides is 1. The van der Waals surface area contributed by atoms with Crippen molar-refractivity contribution < 1.29 is 13.9 Å². The lowest BCUT2D eigenvalue weighted by atomic mass is 10.2. The van der Waals surface area contributed by atoms with Gasteiger partial charge in [-0.25, -0.2) is 14.4 Å². The molecule has 6 nitrogen and oxygen atoms in total. The molecule has 0 saturated heterocycles. The van der Waals surface area contributed by atoms with Crippen LogP contribution in [0.1, 0.15) is 27.4 Å². The molecule has 0 aliphatic heterocycles. The minimum absolute atomic E-state index is 0.0865. The minimum atomic E-state index is -0.388. The van der Waals surface area contributed by atoms with E-state index in [2.05, 4.69) is 20.6 Å². The molecule has 3 rings (SSSR count). The molecule has 28 heavy (non-hydrogen) atoms. The molecule has 0 atom stereocenters. The van der Waals surface area contributed by atoms with Crippen molar-refractivity contribution in [1.82, 2.24) is 15.3 Å². The standard InChI is InChI=1S/C21H21FN4O2/c1-14-25-19(21(27)24-13-16-5-3-4-6-18(16)22)11-20(26-14)23-12-15-7-9-17(28-2)10-8-15/h3-11H,12-13H2,1-2H3,(H,24,27)(H,23,25,26). The summed E-state index contributed by atoms with van der Waals surface area (Å²) in [4.78, 5) is 20.9. The SMILES string of the molecule is COc1ccc(CNc2cc(C(=O)NCc3ccccc3F)nc(C)n2)cc1. The summed E-state index contributed by atoms with van der Waals surface area (Å²) in [5.74, 6) is 1.05. The molecule has 0 unspecified atom stereocenters. The maximum Gasteiger partial charge on any atom is 0.270 e. The summed E-state index contributed by atoms with van der Waals surface area (Å²) in [5, 5.41) is 5.87. The molecular formula is C21H21FN4O2. The first-order chi connectivity index (χ1) is 13.5. The van der Waals surface area contributed by atoms with E-state index in [0.29, 0.717) is 23.8 Å². The monoisotopic (exact) mass is 380 g/mol. The number of hydrogen-bond donors (Lipinski definition) is 2. The van der Waals surface area contributed by atoms with E-state index in [-0.39, 0.29) is 24.0 Å². The predicted molar refractivity (Wildman–Crippen MR) is 105 cm³/mol. The Morgan fingerprint density at radius 2 is 1.82 bits per heavy atom. The van der Waals surface area contributed by atoms with Crippen molar-refractivity contribution in [1.29, 1.82) is 0 Å². The highest BCUT2D eigenvalue weighted by atomic mass is 19.1. The summed E-state index contributed by atoms with van der Waals surface area (Å²) < 4.78 is 18.8. The normalized spacial score (nSPS) is 10.4. The Labute approximate surface area is 162 Å². The lowest BCUT2D eigenvalue weighted by molar-refractivity contribution is 0.0945. The number of rotatable bonds is 7. The number of aryl methyl sites for hydroxylation is 1. The van der Waals surface area contributed by atoms with Crippen LogP contribution in [-0.2, 0) is 13.1 Å². The van der Waals surface area contributed by atoms with Gasteiger partial charge in [0.05, 0.1) is 7.11 Å². The average Bonchev–Trinajstić information content (AvgIpc) is 2.71. The molecule has 0 aliphatic rings. The molecule has 0 fully saturated rings. The van der Waals surface area contributed by atoms with E-state index in [1.54, 1.807) is 38.3 Å². The Balaban J connectivity index is 1.64. The number of anilines is 1. The largest absolute Gasteiger partial charge is 0.497 e. The van der Waals surface area contributed by atoms with Crippen LogP contribution in [0.3, 0.4) is 0 Å². The van der Waals surface area contributed by atoms with Crippen LogP contribution in [0.5, 0.6) is 5.75 Å². The first-order valence-electron chi connectivity index (χ1n) is 8.79. The molecule has 2 N–H and O–H groups in total. The maximum atomic E-state index is 13.7. The lowest BCUT2D eigenvalue weighted by Gasteiger charge is -2.10.